The van der Waals surface area contributed by atoms with Crippen LogP contribution in [0.2, 0.25) is 5.02 Å². The molecule has 2 aromatic carbocycles. The minimum Gasteiger partial charge on any atom is -0.267 e. The molecule has 6 heteroatoms. The van der Waals surface area contributed by atoms with Crippen molar-refractivity contribution in [1.29, 1.82) is 0 Å². The number of nitrogens with zero attached hydrogens (tertiary/aromatic N) is 1. The van der Waals surface area contributed by atoms with Crippen molar-refractivity contribution in [2.75, 3.05) is 0 Å². The number of nitrogens with one attached hydrogen (secondary N) is 1. The van der Waals surface area contributed by atoms with Crippen LogP contribution in [0.25, 0.3) is 0 Å². The third-order valence-electron chi connectivity index (χ3n) is 3.15. The van der Waals surface area contributed by atoms with Gasteiger partial charge in [0.15, 0.2) is 0 Å². The van der Waals surface area contributed by atoms with E-state index in [9.17, 15) is 9.59 Å². The van der Waals surface area contributed by atoms with Gasteiger partial charge in [-0.2, -0.15) is 0 Å². The highest BCUT2D eigenvalue weighted by atomic mass is 79.9. The number of rotatable bonds is 3. The maximum Gasteiger partial charge on any atom is 0.273 e. The van der Waals surface area contributed by atoms with Gasteiger partial charge in [0.25, 0.3) is 11.8 Å². The summed E-state index contributed by atoms with van der Waals surface area (Å²) in [6.45, 7) is 3.65. The topological polar surface area (TPSA) is 49.4 Å². The fourth-order valence-corrected chi connectivity index (χ4v) is 2.82. The van der Waals surface area contributed by atoms with Gasteiger partial charge in [0, 0.05) is 21.1 Å². The van der Waals surface area contributed by atoms with Crippen molar-refractivity contribution in [2.24, 2.45) is 0 Å². The van der Waals surface area contributed by atoms with Crippen LogP contribution in [0.4, 0.5) is 0 Å². The van der Waals surface area contributed by atoms with Gasteiger partial charge in [-0.15, -0.1) is 0 Å². The first kappa shape index (κ1) is 17.5. The zero-order valence-electron chi connectivity index (χ0n) is 12.7. The molecule has 0 radical (unpaired) electrons. The van der Waals surface area contributed by atoms with Crippen LogP contribution in [0, 0.1) is 0 Å². The van der Waals surface area contributed by atoms with Gasteiger partial charge >= 0.3 is 0 Å². The van der Waals surface area contributed by atoms with E-state index in [1.807, 2.05) is 19.9 Å². The molecule has 2 rings (SSSR count). The average molecular weight is 396 g/mol. The van der Waals surface area contributed by atoms with Crippen molar-refractivity contribution < 1.29 is 9.59 Å². The zero-order valence-corrected chi connectivity index (χ0v) is 15.1. The molecule has 0 fully saturated rings. The molecule has 0 atom stereocenters. The fourth-order valence-electron chi connectivity index (χ4n) is 1.97. The summed E-state index contributed by atoms with van der Waals surface area (Å²) >= 11 is 9.24. The van der Waals surface area contributed by atoms with Crippen LogP contribution in [0.1, 0.15) is 34.6 Å². The number of hydrogen-bond acceptors (Lipinski definition) is 2. The normalized spacial score (nSPS) is 10.5. The van der Waals surface area contributed by atoms with Gasteiger partial charge in [-0.3, -0.25) is 15.0 Å². The molecule has 0 unspecified atom stereocenters. The van der Waals surface area contributed by atoms with E-state index >= 15 is 0 Å². The van der Waals surface area contributed by atoms with Gasteiger partial charge < -0.3 is 0 Å². The Hall–Kier alpha value is -1.85. The van der Waals surface area contributed by atoms with E-state index in [0.717, 1.165) is 0 Å². The molecular weight excluding hydrogens is 380 g/mol. The second kappa shape index (κ2) is 7.62. The lowest BCUT2D eigenvalue weighted by molar-refractivity contribution is 0.0515. The summed E-state index contributed by atoms with van der Waals surface area (Å²) in [5.74, 6) is -0.648. The molecule has 0 spiro atoms. The van der Waals surface area contributed by atoms with Gasteiger partial charge in [-0.1, -0.05) is 29.8 Å². The number of carbonyl (C=O) groups excluding carboxylic acids is 2. The Morgan fingerprint density at radius 1 is 1.13 bits per heavy atom. The minimum atomic E-state index is -0.335. The lowest BCUT2D eigenvalue weighted by atomic mass is 10.2. The highest BCUT2D eigenvalue weighted by Crippen LogP contribution is 2.23. The summed E-state index contributed by atoms with van der Waals surface area (Å²) in [7, 11) is 0. The van der Waals surface area contributed by atoms with Crippen molar-refractivity contribution in [3.63, 3.8) is 0 Å². The molecule has 2 amide bonds. The number of hydrogen-bond donors (Lipinski definition) is 1. The molecule has 0 aromatic heterocycles. The Morgan fingerprint density at radius 3 is 2.35 bits per heavy atom. The van der Waals surface area contributed by atoms with Crippen LogP contribution in [0.3, 0.4) is 0 Å². The van der Waals surface area contributed by atoms with E-state index < -0.39 is 0 Å². The van der Waals surface area contributed by atoms with Crippen molar-refractivity contribution in [2.45, 2.75) is 19.9 Å². The molecule has 4 nitrogen and oxygen atoms in total. The summed E-state index contributed by atoms with van der Waals surface area (Å²) in [5, 5.41) is 1.83. The summed E-state index contributed by atoms with van der Waals surface area (Å²) in [6.07, 6.45) is 0. The molecule has 0 aliphatic heterocycles. The highest BCUT2D eigenvalue weighted by Gasteiger charge is 2.23. The number of benzene rings is 2. The Kier molecular flexibility index (Phi) is 5.80. The second-order valence-corrected chi connectivity index (χ2v) is 6.49. The van der Waals surface area contributed by atoms with Crippen molar-refractivity contribution in [1.82, 2.24) is 10.4 Å². The quantitative estimate of drug-likeness (QED) is 0.788. The van der Waals surface area contributed by atoms with E-state index in [0.29, 0.717) is 20.6 Å². The monoisotopic (exact) mass is 394 g/mol. The van der Waals surface area contributed by atoms with E-state index in [4.69, 9.17) is 11.6 Å². The second-order valence-electron chi connectivity index (χ2n) is 5.20. The third kappa shape index (κ3) is 4.33. The molecule has 0 heterocycles. The Labute approximate surface area is 148 Å². The average Bonchev–Trinajstić information content (AvgIpc) is 2.52. The van der Waals surface area contributed by atoms with Gasteiger partial charge in [0.05, 0.1) is 5.56 Å². The summed E-state index contributed by atoms with van der Waals surface area (Å²) in [6, 6.07) is 13.4. The first-order valence-corrected chi connectivity index (χ1v) is 8.22. The SMILES string of the molecule is CC(C)N(NC(=O)c1ccccc1)C(=O)c1ccc(Cl)cc1Br. The lowest BCUT2D eigenvalue weighted by Gasteiger charge is -2.27. The van der Waals surface area contributed by atoms with Crippen molar-refractivity contribution in [3.8, 4) is 0 Å². The molecule has 0 saturated carbocycles. The lowest BCUT2D eigenvalue weighted by Crippen LogP contribution is -2.50. The largest absolute Gasteiger partial charge is 0.273 e. The predicted molar refractivity (Wildman–Crippen MR) is 94.4 cm³/mol. The fraction of sp³-hybridized carbons (Fsp3) is 0.176. The summed E-state index contributed by atoms with van der Waals surface area (Å²) in [5.41, 5.74) is 3.58. The van der Waals surface area contributed by atoms with Crippen LogP contribution in [0.5, 0.6) is 0 Å². The number of halogens is 2. The van der Waals surface area contributed by atoms with Crippen LogP contribution >= 0.6 is 27.5 Å². The molecular formula is C17H16BrClN2O2. The Bertz CT molecular complexity index is 720. The van der Waals surface area contributed by atoms with Crippen LogP contribution in [-0.2, 0) is 0 Å². The Balaban J connectivity index is 2.24. The molecule has 0 aliphatic carbocycles. The van der Waals surface area contributed by atoms with Crippen LogP contribution in [0.15, 0.2) is 53.0 Å². The molecule has 0 aliphatic rings. The van der Waals surface area contributed by atoms with Gasteiger partial charge in [0.1, 0.15) is 0 Å². The molecule has 2 aromatic rings. The molecule has 1 N–H and O–H groups in total. The summed E-state index contributed by atoms with van der Waals surface area (Å²) < 4.78 is 0.578. The predicted octanol–water partition coefficient (Wildman–Crippen LogP) is 4.30. The molecule has 23 heavy (non-hydrogen) atoms. The van der Waals surface area contributed by atoms with Gasteiger partial charge in [0.2, 0.25) is 0 Å². The van der Waals surface area contributed by atoms with Crippen molar-refractivity contribution >= 4 is 39.3 Å². The standard InChI is InChI=1S/C17H16BrClN2O2/c1-11(2)21(20-16(22)12-6-4-3-5-7-12)17(23)14-9-8-13(19)10-15(14)18/h3-11H,1-2H3,(H,20,22). The highest BCUT2D eigenvalue weighted by molar-refractivity contribution is 9.10. The number of carbonyl (C=O) groups is 2. The summed E-state index contributed by atoms with van der Waals surface area (Å²) in [4.78, 5) is 25.0. The third-order valence-corrected chi connectivity index (χ3v) is 4.05. The van der Waals surface area contributed by atoms with Gasteiger partial charge in [-0.05, 0) is 60.1 Å². The van der Waals surface area contributed by atoms with E-state index in [-0.39, 0.29) is 17.9 Å². The number of amides is 2. The first-order valence-electron chi connectivity index (χ1n) is 7.05. The zero-order chi connectivity index (χ0) is 17.0. The van der Waals surface area contributed by atoms with Crippen LogP contribution < -0.4 is 5.43 Å². The van der Waals surface area contributed by atoms with Gasteiger partial charge in [-0.25, -0.2) is 5.01 Å². The number of hydrazine groups is 1. The molecule has 0 bridgehead atoms. The molecule has 0 saturated heterocycles. The Morgan fingerprint density at radius 2 is 1.78 bits per heavy atom. The maximum atomic E-state index is 12.7. The van der Waals surface area contributed by atoms with E-state index in [1.54, 1.807) is 42.5 Å². The van der Waals surface area contributed by atoms with Crippen molar-refractivity contribution in [3.05, 3.63) is 69.2 Å². The smallest absolute Gasteiger partial charge is 0.267 e. The van der Waals surface area contributed by atoms with E-state index in [2.05, 4.69) is 21.4 Å². The first-order chi connectivity index (χ1) is 10.9. The molecule has 120 valence electrons. The van der Waals surface area contributed by atoms with E-state index in [1.165, 1.54) is 5.01 Å². The van der Waals surface area contributed by atoms with Crippen LogP contribution in [-0.4, -0.2) is 22.9 Å². The minimum absolute atomic E-state index is 0.210. The maximum absolute atomic E-state index is 12.7.